The minimum atomic E-state index is -1.66. The molecular formula is C16H29N3OSi. The SMILES string of the molecule is CC(C)(C)[Si](C)(C)OC1CCC(Nc2ccc(N)nc2)C1. The molecule has 0 aromatic carbocycles. The summed E-state index contributed by atoms with van der Waals surface area (Å²) in [5.41, 5.74) is 6.66. The van der Waals surface area contributed by atoms with Crippen molar-refractivity contribution in [3.8, 4) is 0 Å². The van der Waals surface area contributed by atoms with Gasteiger partial charge in [-0.1, -0.05) is 20.8 Å². The molecule has 2 unspecified atom stereocenters. The lowest BCUT2D eigenvalue weighted by atomic mass is 10.2. The second-order valence-electron chi connectivity index (χ2n) is 7.63. The zero-order chi connectivity index (χ0) is 15.7. The summed E-state index contributed by atoms with van der Waals surface area (Å²) in [6.07, 6.45) is 5.58. The molecule has 2 atom stereocenters. The Labute approximate surface area is 129 Å². The summed E-state index contributed by atoms with van der Waals surface area (Å²) in [5, 5.41) is 3.82. The van der Waals surface area contributed by atoms with E-state index in [9.17, 15) is 0 Å². The Morgan fingerprint density at radius 3 is 2.57 bits per heavy atom. The molecule has 1 aliphatic rings. The van der Waals surface area contributed by atoms with Crippen molar-refractivity contribution in [2.45, 2.75) is 70.3 Å². The molecule has 0 radical (unpaired) electrons. The van der Waals surface area contributed by atoms with Gasteiger partial charge >= 0.3 is 0 Å². The normalized spacial score (nSPS) is 23.3. The van der Waals surface area contributed by atoms with Gasteiger partial charge < -0.3 is 15.5 Å². The second kappa shape index (κ2) is 5.97. The van der Waals surface area contributed by atoms with Crippen molar-refractivity contribution in [2.24, 2.45) is 0 Å². The molecule has 118 valence electrons. The van der Waals surface area contributed by atoms with E-state index in [2.05, 4.69) is 44.2 Å². The van der Waals surface area contributed by atoms with Crippen LogP contribution in [0.2, 0.25) is 18.1 Å². The minimum Gasteiger partial charge on any atom is -0.414 e. The van der Waals surface area contributed by atoms with E-state index in [1.165, 1.54) is 0 Å². The first-order valence-electron chi connectivity index (χ1n) is 7.83. The van der Waals surface area contributed by atoms with E-state index in [4.69, 9.17) is 10.2 Å². The van der Waals surface area contributed by atoms with Crippen molar-refractivity contribution >= 4 is 19.8 Å². The van der Waals surface area contributed by atoms with Gasteiger partial charge in [0.05, 0.1) is 11.9 Å². The van der Waals surface area contributed by atoms with E-state index in [0.29, 0.717) is 18.0 Å². The molecule has 21 heavy (non-hydrogen) atoms. The molecule has 0 aliphatic heterocycles. The molecule has 5 heteroatoms. The van der Waals surface area contributed by atoms with Gasteiger partial charge in [-0.05, 0) is 49.5 Å². The predicted octanol–water partition coefficient (Wildman–Crippen LogP) is 4.02. The fourth-order valence-corrected chi connectivity index (χ4v) is 3.90. The molecule has 0 saturated heterocycles. The van der Waals surface area contributed by atoms with E-state index in [-0.39, 0.29) is 5.04 Å². The molecule has 0 spiro atoms. The predicted molar refractivity (Wildman–Crippen MR) is 92.0 cm³/mol. The van der Waals surface area contributed by atoms with Crippen LogP contribution in [0, 0.1) is 0 Å². The summed E-state index contributed by atoms with van der Waals surface area (Å²) in [6.45, 7) is 11.5. The van der Waals surface area contributed by atoms with Crippen LogP contribution in [0.15, 0.2) is 18.3 Å². The van der Waals surface area contributed by atoms with Crippen LogP contribution in [0.5, 0.6) is 0 Å². The largest absolute Gasteiger partial charge is 0.414 e. The highest BCUT2D eigenvalue weighted by atomic mass is 28.4. The maximum absolute atomic E-state index is 6.51. The van der Waals surface area contributed by atoms with Gasteiger partial charge in [0, 0.05) is 12.1 Å². The van der Waals surface area contributed by atoms with Gasteiger partial charge in [-0.2, -0.15) is 0 Å². The Kier molecular flexibility index (Phi) is 4.63. The maximum atomic E-state index is 6.51. The summed E-state index contributed by atoms with van der Waals surface area (Å²) in [6, 6.07) is 4.30. The number of nitrogens with two attached hydrogens (primary N) is 1. The third-order valence-electron chi connectivity index (χ3n) is 4.81. The Balaban J connectivity index is 1.88. The average Bonchev–Trinajstić information content (AvgIpc) is 2.77. The Morgan fingerprint density at radius 2 is 2.00 bits per heavy atom. The number of pyridine rings is 1. The molecule has 4 nitrogen and oxygen atoms in total. The van der Waals surface area contributed by atoms with Crippen molar-refractivity contribution in [1.29, 1.82) is 0 Å². The van der Waals surface area contributed by atoms with Crippen LogP contribution in [0.4, 0.5) is 11.5 Å². The average molecular weight is 308 g/mol. The molecule has 0 amide bonds. The van der Waals surface area contributed by atoms with Crippen molar-refractivity contribution in [1.82, 2.24) is 4.98 Å². The van der Waals surface area contributed by atoms with Crippen molar-refractivity contribution in [3.05, 3.63) is 18.3 Å². The topological polar surface area (TPSA) is 60.2 Å². The van der Waals surface area contributed by atoms with E-state index < -0.39 is 8.32 Å². The van der Waals surface area contributed by atoms with Crippen molar-refractivity contribution < 1.29 is 4.43 Å². The maximum Gasteiger partial charge on any atom is 0.192 e. The molecule has 3 N–H and O–H groups in total. The highest BCUT2D eigenvalue weighted by Crippen LogP contribution is 2.39. The lowest BCUT2D eigenvalue weighted by Crippen LogP contribution is -2.43. The number of nitrogen functional groups attached to an aromatic ring is 1. The number of hydrogen-bond donors (Lipinski definition) is 2. The zero-order valence-electron chi connectivity index (χ0n) is 13.9. The fraction of sp³-hybridized carbons (Fsp3) is 0.688. The molecule has 2 rings (SSSR count). The molecule has 1 fully saturated rings. The summed E-state index contributed by atoms with van der Waals surface area (Å²) < 4.78 is 6.51. The Bertz CT molecular complexity index is 467. The number of nitrogens with zero attached hydrogens (tertiary/aromatic N) is 1. The first-order chi connectivity index (χ1) is 9.67. The van der Waals surface area contributed by atoms with E-state index in [1.54, 1.807) is 6.20 Å². The van der Waals surface area contributed by atoms with Gasteiger partial charge in [0.1, 0.15) is 5.82 Å². The first-order valence-corrected chi connectivity index (χ1v) is 10.7. The van der Waals surface area contributed by atoms with Crippen molar-refractivity contribution in [3.63, 3.8) is 0 Å². The van der Waals surface area contributed by atoms with Gasteiger partial charge in [-0.25, -0.2) is 4.98 Å². The second-order valence-corrected chi connectivity index (χ2v) is 12.4. The number of rotatable bonds is 4. The van der Waals surface area contributed by atoms with Crippen LogP contribution in [0.1, 0.15) is 40.0 Å². The van der Waals surface area contributed by atoms with Crippen LogP contribution >= 0.6 is 0 Å². The minimum absolute atomic E-state index is 0.277. The van der Waals surface area contributed by atoms with Crippen LogP contribution in [0.3, 0.4) is 0 Å². The fourth-order valence-electron chi connectivity index (χ4n) is 2.50. The number of hydrogen-bond acceptors (Lipinski definition) is 4. The first kappa shape index (κ1) is 16.3. The van der Waals surface area contributed by atoms with Gasteiger partial charge in [0.2, 0.25) is 0 Å². The van der Waals surface area contributed by atoms with Gasteiger partial charge in [-0.15, -0.1) is 0 Å². The Morgan fingerprint density at radius 1 is 1.29 bits per heavy atom. The van der Waals surface area contributed by atoms with Crippen LogP contribution in [0.25, 0.3) is 0 Å². The highest BCUT2D eigenvalue weighted by Gasteiger charge is 2.40. The van der Waals surface area contributed by atoms with Gasteiger partial charge in [0.25, 0.3) is 0 Å². The van der Waals surface area contributed by atoms with E-state index >= 15 is 0 Å². The molecule has 1 aliphatic carbocycles. The third kappa shape index (κ3) is 4.20. The molecule has 1 saturated carbocycles. The highest BCUT2D eigenvalue weighted by molar-refractivity contribution is 6.74. The van der Waals surface area contributed by atoms with E-state index in [1.807, 2.05) is 12.1 Å². The van der Waals surface area contributed by atoms with Crippen LogP contribution < -0.4 is 11.1 Å². The lowest BCUT2D eigenvalue weighted by Gasteiger charge is -2.38. The molecular weight excluding hydrogens is 278 g/mol. The molecule has 1 aromatic rings. The van der Waals surface area contributed by atoms with Gasteiger partial charge in [-0.3, -0.25) is 0 Å². The Hall–Kier alpha value is -1.07. The number of nitrogens with one attached hydrogen (secondary N) is 1. The van der Waals surface area contributed by atoms with E-state index in [0.717, 1.165) is 24.9 Å². The number of aromatic nitrogens is 1. The molecule has 1 aromatic heterocycles. The monoisotopic (exact) mass is 307 g/mol. The standard InChI is InChI=1S/C16H29N3OSi/c1-16(2,3)21(4,5)20-14-8-6-12(10-14)19-13-7-9-15(17)18-11-13/h7,9,11-12,14,19H,6,8,10H2,1-5H3,(H2,17,18). The van der Waals surface area contributed by atoms with Crippen LogP contribution in [-0.4, -0.2) is 25.4 Å². The molecule has 0 bridgehead atoms. The molecule has 1 heterocycles. The quantitative estimate of drug-likeness (QED) is 0.825. The van der Waals surface area contributed by atoms with Gasteiger partial charge in [0.15, 0.2) is 8.32 Å². The smallest absolute Gasteiger partial charge is 0.192 e. The summed E-state index contributed by atoms with van der Waals surface area (Å²) in [4.78, 5) is 4.12. The van der Waals surface area contributed by atoms with Crippen LogP contribution in [-0.2, 0) is 4.43 Å². The lowest BCUT2D eigenvalue weighted by molar-refractivity contribution is 0.187. The number of anilines is 2. The third-order valence-corrected chi connectivity index (χ3v) is 9.34. The van der Waals surface area contributed by atoms with Crippen molar-refractivity contribution in [2.75, 3.05) is 11.1 Å². The summed E-state index contributed by atoms with van der Waals surface area (Å²) >= 11 is 0. The summed E-state index contributed by atoms with van der Waals surface area (Å²) in [7, 11) is -1.66. The summed E-state index contributed by atoms with van der Waals surface area (Å²) in [5.74, 6) is 0.561. The zero-order valence-corrected chi connectivity index (χ0v) is 14.9.